The van der Waals surface area contributed by atoms with Crippen molar-refractivity contribution in [2.24, 2.45) is 0 Å². The monoisotopic (exact) mass is 415 g/mol. The van der Waals surface area contributed by atoms with Crippen molar-refractivity contribution in [3.05, 3.63) is 44.7 Å². The lowest BCUT2D eigenvalue weighted by Gasteiger charge is -2.29. The lowest BCUT2D eigenvalue weighted by Crippen LogP contribution is -2.38. The number of nitrogens with zero attached hydrogens (tertiary/aromatic N) is 2. The molecule has 1 atom stereocenters. The van der Waals surface area contributed by atoms with Crippen molar-refractivity contribution in [3.63, 3.8) is 0 Å². The molecule has 1 unspecified atom stereocenters. The van der Waals surface area contributed by atoms with Gasteiger partial charge in [-0.25, -0.2) is 0 Å². The van der Waals surface area contributed by atoms with Gasteiger partial charge in [-0.05, 0) is 43.9 Å². The minimum Gasteiger partial charge on any atom is -0.342 e. The molecule has 3 heterocycles. The van der Waals surface area contributed by atoms with Gasteiger partial charge in [0.2, 0.25) is 17.8 Å². The van der Waals surface area contributed by atoms with Crippen LogP contribution >= 0.6 is 11.6 Å². The van der Waals surface area contributed by atoms with Gasteiger partial charge < -0.3 is 15.5 Å². The molecule has 3 N–H and O–H groups in total. The van der Waals surface area contributed by atoms with Gasteiger partial charge >= 0.3 is 0 Å². The van der Waals surface area contributed by atoms with Crippen molar-refractivity contribution >= 4 is 40.9 Å². The summed E-state index contributed by atoms with van der Waals surface area (Å²) in [7, 11) is 0. The summed E-state index contributed by atoms with van der Waals surface area (Å²) in [5.74, 6) is -1.12. The van der Waals surface area contributed by atoms with E-state index in [2.05, 4.69) is 20.6 Å². The molecule has 1 fully saturated rings. The van der Waals surface area contributed by atoms with E-state index in [1.807, 2.05) is 11.8 Å². The molecule has 152 valence electrons. The van der Waals surface area contributed by atoms with Crippen LogP contribution < -0.4 is 21.1 Å². The molecule has 9 heteroatoms. The van der Waals surface area contributed by atoms with E-state index in [0.717, 1.165) is 37.9 Å². The lowest BCUT2D eigenvalue weighted by molar-refractivity contribution is -0.123. The largest absolute Gasteiger partial charge is 0.342 e. The number of aromatic nitrogens is 2. The predicted octanol–water partition coefficient (Wildman–Crippen LogP) is 2.79. The van der Waals surface area contributed by atoms with E-state index in [1.165, 1.54) is 0 Å². The van der Waals surface area contributed by atoms with E-state index in [9.17, 15) is 14.4 Å². The Morgan fingerprint density at radius 3 is 2.76 bits per heavy atom. The van der Waals surface area contributed by atoms with Gasteiger partial charge in [0.15, 0.2) is 0 Å². The van der Waals surface area contributed by atoms with E-state index < -0.39 is 17.4 Å². The second kappa shape index (κ2) is 7.87. The lowest BCUT2D eigenvalue weighted by atomic mass is 9.92. The smallest absolute Gasteiger partial charge is 0.258 e. The molecule has 2 aromatic rings. The van der Waals surface area contributed by atoms with E-state index in [0.29, 0.717) is 16.7 Å². The van der Waals surface area contributed by atoms with Crippen LogP contribution in [0.1, 0.15) is 42.7 Å². The number of amides is 2. The van der Waals surface area contributed by atoms with E-state index in [-0.39, 0.29) is 23.7 Å². The van der Waals surface area contributed by atoms with E-state index in [4.69, 9.17) is 11.6 Å². The molecule has 0 bridgehead atoms. The number of aromatic amines is 1. The van der Waals surface area contributed by atoms with Crippen molar-refractivity contribution in [2.75, 3.05) is 28.6 Å². The van der Waals surface area contributed by atoms with Gasteiger partial charge in [0.05, 0.1) is 11.5 Å². The number of carbonyl (C=O) groups is 2. The topological polar surface area (TPSA) is 107 Å². The van der Waals surface area contributed by atoms with Gasteiger partial charge in [-0.3, -0.25) is 19.4 Å². The quantitative estimate of drug-likeness (QED) is 0.714. The molecule has 0 saturated carbocycles. The zero-order valence-corrected chi connectivity index (χ0v) is 16.8. The third-order valence-corrected chi connectivity index (χ3v) is 5.60. The first kappa shape index (κ1) is 19.4. The molecule has 0 spiro atoms. The standard InChI is InChI=1S/C20H22ClN5O3/c1-11-5-6-12(21)9-14(11)22-18(28)13-10-15(27)23-17-16(13)19(29)25-20(24-17)26-7-3-2-4-8-26/h5-6,9,13H,2-4,7-8,10H2,1H3,(H,22,28)(H2,23,24,25,27,29). The average Bonchev–Trinajstić information content (AvgIpc) is 2.70. The fraction of sp³-hybridized carbons (Fsp3) is 0.400. The number of hydrogen-bond acceptors (Lipinski definition) is 5. The van der Waals surface area contributed by atoms with Crippen LogP contribution in [-0.2, 0) is 9.59 Å². The van der Waals surface area contributed by atoms with Crippen LogP contribution in [0.5, 0.6) is 0 Å². The number of piperidine rings is 1. The predicted molar refractivity (Wildman–Crippen MR) is 112 cm³/mol. The Morgan fingerprint density at radius 2 is 2.00 bits per heavy atom. The number of fused-ring (bicyclic) bond motifs is 1. The van der Waals surface area contributed by atoms with Gasteiger partial charge in [-0.1, -0.05) is 17.7 Å². The number of benzene rings is 1. The van der Waals surface area contributed by atoms with Crippen LogP contribution in [0.2, 0.25) is 5.02 Å². The summed E-state index contributed by atoms with van der Waals surface area (Å²) in [6.45, 7) is 3.44. The van der Waals surface area contributed by atoms with Gasteiger partial charge in [0.1, 0.15) is 5.82 Å². The highest BCUT2D eigenvalue weighted by molar-refractivity contribution is 6.31. The Morgan fingerprint density at radius 1 is 1.24 bits per heavy atom. The van der Waals surface area contributed by atoms with Crippen LogP contribution in [0.15, 0.2) is 23.0 Å². The fourth-order valence-corrected chi connectivity index (χ4v) is 3.96. The summed E-state index contributed by atoms with van der Waals surface area (Å²) in [5, 5.41) is 5.93. The van der Waals surface area contributed by atoms with Gasteiger partial charge in [0, 0.05) is 30.2 Å². The molecule has 4 rings (SSSR count). The minimum atomic E-state index is -0.927. The van der Waals surface area contributed by atoms with Crippen molar-refractivity contribution in [1.82, 2.24) is 9.97 Å². The van der Waals surface area contributed by atoms with Crippen LogP contribution in [0.4, 0.5) is 17.5 Å². The molecular formula is C20H22ClN5O3. The molecule has 2 amide bonds. The van der Waals surface area contributed by atoms with Crippen molar-refractivity contribution in [3.8, 4) is 0 Å². The maximum Gasteiger partial charge on any atom is 0.258 e. The third-order valence-electron chi connectivity index (χ3n) is 5.37. The summed E-state index contributed by atoms with van der Waals surface area (Å²) in [5.41, 5.74) is 1.15. The molecule has 1 saturated heterocycles. The normalized spacial score (nSPS) is 18.8. The molecule has 1 aromatic heterocycles. The number of carbonyl (C=O) groups excluding carboxylic acids is 2. The minimum absolute atomic E-state index is 0.119. The summed E-state index contributed by atoms with van der Waals surface area (Å²) in [6.07, 6.45) is 3.08. The summed E-state index contributed by atoms with van der Waals surface area (Å²) < 4.78 is 0. The molecule has 29 heavy (non-hydrogen) atoms. The Kier molecular flexibility index (Phi) is 5.27. The molecular weight excluding hydrogens is 394 g/mol. The Balaban J connectivity index is 1.66. The summed E-state index contributed by atoms with van der Waals surface area (Å²) in [6, 6.07) is 5.16. The maximum atomic E-state index is 13.0. The number of hydrogen-bond donors (Lipinski definition) is 3. The number of nitrogens with one attached hydrogen (secondary N) is 3. The first-order valence-corrected chi connectivity index (χ1v) is 10.1. The number of anilines is 3. The zero-order chi connectivity index (χ0) is 20.5. The van der Waals surface area contributed by atoms with Crippen molar-refractivity contribution in [1.29, 1.82) is 0 Å². The Bertz CT molecular complexity index is 1030. The highest BCUT2D eigenvalue weighted by atomic mass is 35.5. The first-order chi connectivity index (χ1) is 13.9. The highest BCUT2D eigenvalue weighted by Gasteiger charge is 2.35. The SMILES string of the molecule is Cc1ccc(Cl)cc1NC(=O)C1CC(=O)Nc2nc(N3CCCCC3)[nH]c(=O)c21. The highest BCUT2D eigenvalue weighted by Crippen LogP contribution is 2.31. The van der Waals surface area contributed by atoms with Gasteiger partial charge in [-0.2, -0.15) is 4.98 Å². The summed E-state index contributed by atoms with van der Waals surface area (Å²) >= 11 is 6.02. The average molecular weight is 416 g/mol. The molecule has 2 aliphatic heterocycles. The van der Waals surface area contributed by atoms with Crippen molar-refractivity contribution in [2.45, 2.75) is 38.5 Å². The van der Waals surface area contributed by atoms with Crippen LogP contribution in [0.25, 0.3) is 0 Å². The number of rotatable bonds is 3. The number of H-pyrrole nitrogens is 1. The number of aryl methyl sites for hydroxylation is 1. The molecule has 1 aromatic carbocycles. The number of halogens is 1. The molecule has 0 aliphatic carbocycles. The van der Waals surface area contributed by atoms with Gasteiger partial charge in [-0.15, -0.1) is 0 Å². The molecule has 8 nitrogen and oxygen atoms in total. The zero-order valence-electron chi connectivity index (χ0n) is 16.0. The van der Waals surface area contributed by atoms with Crippen LogP contribution in [-0.4, -0.2) is 34.9 Å². The van der Waals surface area contributed by atoms with E-state index >= 15 is 0 Å². The molecule has 0 radical (unpaired) electrons. The second-order valence-corrected chi connectivity index (χ2v) is 7.89. The Labute approximate surface area is 172 Å². The van der Waals surface area contributed by atoms with Crippen LogP contribution in [0.3, 0.4) is 0 Å². The van der Waals surface area contributed by atoms with E-state index in [1.54, 1.807) is 18.2 Å². The second-order valence-electron chi connectivity index (χ2n) is 7.45. The van der Waals surface area contributed by atoms with Crippen LogP contribution in [0, 0.1) is 6.92 Å². The summed E-state index contributed by atoms with van der Waals surface area (Å²) in [4.78, 5) is 47.3. The third kappa shape index (κ3) is 3.98. The van der Waals surface area contributed by atoms with Gasteiger partial charge in [0.25, 0.3) is 5.56 Å². The fourth-order valence-electron chi connectivity index (χ4n) is 3.79. The Hall–Kier alpha value is -2.87. The first-order valence-electron chi connectivity index (χ1n) is 9.68. The van der Waals surface area contributed by atoms with Crippen molar-refractivity contribution < 1.29 is 9.59 Å². The molecule has 2 aliphatic rings. The maximum absolute atomic E-state index is 13.0.